The van der Waals surface area contributed by atoms with E-state index in [1.165, 1.54) is 6.08 Å². The summed E-state index contributed by atoms with van der Waals surface area (Å²) in [5.41, 5.74) is 4.21. The highest BCUT2D eigenvalue weighted by atomic mass is 127. The van der Waals surface area contributed by atoms with E-state index >= 15 is 0 Å². The molecule has 0 saturated carbocycles. The Kier molecular flexibility index (Phi) is 6.14. The van der Waals surface area contributed by atoms with Crippen LogP contribution < -0.4 is 10.8 Å². The van der Waals surface area contributed by atoms with Crippen molar-refractivity contribution >= 4 is 45.2 Å². The minimum absolute atomic E-state index is 0.00955. The van der Waals surface area contributed by atoms with Crippen LogP contribution in [0.1, 0.15) is 35.6 Å². The van der Waals surface area contributed by atoms with E-state index in [1.54, 1.807) is 18.5 Å². The van der Waals surface area contributed by atoms with Gasteiger partial charge in [-0.2, -0.15) is 0 Å². The zero-order valence-corrected chi connectivity index (χ0v) is 18.2. The second kappa shape index (κ2) is 8.97. The molecular weight excluding hydrogens is 500 g/mol. The zero-order valence-electron chi connectivity index (χ0n) is 16.1. The van der Waals surface area contributed by atoms with Gasteiger partial charge in [-0.25, -0.2) is 9.87 Å². The lowest BCUT2D eigenvalue weighted by molar-refractivity contribution is -0.0102. The summed E-state index contributed by atoms with van der Waals surface area (Å²) >= 11 is 2.07. The molecule has 0 bridgehead atoms. The molecule has 0 aliphatic heterocycles. The standard InChI is InChI=1S/C22H19FIN3O3/c1-13(14-5-3-2-4-6-14)30-27-22(28)21-20(16-12-25-10-9-19(16)29-21)26-18-8-7-15(24)11-17(18)23/h2-7,9-13,18,26H,8H2,1H3,(H,27,28). The van der Waals surface area contributed by atoms with Crippen molar-refractivity contribution in [1.29, 1.82) is 0 Å². The van der Waals surface area contributed by atoms with E-state index in [-0.39, 0.29) is 17.7 Å². The van der Waals surface area contributed by atoms with Gasteiger partial charge in [0.05, 0.1) is 17.1 Å². The molecule has 1 aliphatic carbocycles. The van der Waals surface area contributed by atoms with Crippen molar-refractivity contribution in [3.05, 3.63) is 81.7 Å². The molecule has 2 heterocycles. The summed E-state index contributed by atoms with van der Waals surface area (Å²) in [5.74, 6) is -0.863. The summed E-state index contributed by atoms with van der Waals surface area (Å²) in [6, 6.07) is 10.6. The van der Waals surface area contributed by atoms with E-state index in [1.807, 2.05) is 43.3 Å². The first-order valence-electron chi connectivity index (χ1n) is 9.39. The molecule has 30 heavy (non-hydrogen) atoms. The number of hydrogen-bond donors (Lipinski definition) is 2. The van der Waals surface area contributed by atoms with Crippen molar-refractivity contribution in [3.63, 3.8) is 0 Å². The van der Waals surface area contributed by atoms with Gasteiger partial charge in [0.1, 0.15) is 17.5 Å². The number of amides is 1. The molecule has 0 saturated heterocycles. The SMILES string of the molecule is CC(ONC(=O)c1oc2ccncc2c1NC1CC=C(I)C=C1F)c1ccccc1. The number of pyridine rings is 1. The van der Waals surface area contributed by atoms with Gasteiger partial charge >= 0.3 is 5.91 Å². The third-order valence-electron chi connectivity index (χ3n) is 4.77. The highest BCUT2D eigenvalue weighted by Gasteiger charge is 2.26. The first-order chi connectivity index (χ1) is 14.5. The zero-order chi connectivity index (χ0) is 21.1. The quantitative estimate of drug-likeness (QED) is 0.327. The van der Waals surface area contributed by atoms with Crippen LogP contribution in [0.2, 0.25) is 0 Å². The third kappa shape index (κ3) is 4.39. The van der Waals surface area contributed by atoms with E-state index in [9.17, 15) is 9.18 Å². The highest BCUT2D eigenvalue weighted by molar-refractivity contribution is 14.1. The molecule has 4 rings (SSSR count). The average molecular weight is 519 g/mol. The van der Waals surface area contributed by atoms with Gasteiger partial charge in [0, 0.05) is 16.0 Å². The second-order valence-corrected chi connectivity index (χ2v) is 8.08. The molecule has 3 aromatic rings. The molecule has 1 aromatic carbocycles. The smallest absolute Gasteiger partial charge is 0.312 e. The van der Waals surface area contributed by atoms with Crippen LogP contribution in [0.5, 0.6) is 0 Å². The lowest BCUT2D eigenvalue weighted by Crippen LogP contribution is -2.27. The largest absolute Gasteiger partial charge is 0.448 e. The molecule has 8 heteroatoms. The lowest BCUT2D eigenvalue weighted by atomic mass is 10.1. The molecule has 0 radical (unpaired) electrons. The number of aromatic nitrogens is 1. The molecule has 0 spiro atoms. The van der Waals surface area contributed by atoms with Crippen LogP contribution in [0.4, 0.5) is 10.1 Å². The first kappa shape index (κ1) is 20.5. The maximum Gasteiger partial charge on any atom is 0.312 e. The maximum atomic E-state index is 14.4. The molecule has 1 aliphatic rings. The van der Waals surface area contributed by atoms with Crippen LogP contribution in [-0.2, 0) is 4.84 Å². The number of benzene rings is 1. The number of hydroxylamine groups is 1. The molecular formula is C22H19FIN3O3. The van der Waals surface area contributed by atoms with Gasteiger partial charge in [-0.3, -0.25) is 14.6 Å². The summed E-state index contributed by atoms with van der Waals surface area (Å²) in [5, 5.41) is 3.70. The molecule has 154 valence electrons. The normalized spacial score (nSPS) is 17.2. The van der Waals surface area contributed by atoms with Crippen LogP contribution in [0.3, 0.4) is 0 Å². The Morgan fingerprint density at radius 1 is 1.33 bits per heavy atom. The summed E-state index contributed by atoms with van der Waals surface area (Å²) in [6.07, 6.45) is 6.63. The fraction of sp³-hybridized carbons (Fsp3) is 0.182. The minimum Gasteiger partial charge on any atom is -0.448 e. The van der Waals surface area contributed by atoms with Crippen molar-refractivity contribution in [2.75, 3.05) is 5.32 Å². The van der Waals surface area contributed by atoms with E-state index in [2.05, 4.69) is 38.4 Å². The summed E-state index contributed by atoms with van der Waals surface area (Å²) in [6.45, 7) is 1.83. The number of allylic oxidation sites excluding steroid dienone is 2. The van der Waals surface area contributed by atoms with Gasteiger partial charge in [0.2, 0.25) is 5.76 Å². The fourth-order valence-electron chi connectivity index (χ4n) is 3.16. The maximum absolute atomic E-state index is 14.4. The monoisotopic (exact) mass is 519 g/mol. The number of hydrogen-bond acceptors (Lipinski definition) is 5. The predicted molar refractivity (Wildman–Crippen MR) is 121 cm³/mol. The molecule has 2 N–H and O–H groups in total. The van der Waals surface area contributed by atoms with Gasteiger partial charge in [0.25, 0.3) is 0 Å². The topological polar surface area (TPSA) is 76.4 Å². The lowest BCUT2D eigenvalue weighted by Gasteiger charge is -2.20. The molecule has 6 nitrogen and oxygen atoms in total. The summed E-state index contributed by atoms with van der Waals surface area (Å²) in [4.78, 5) is 22.5. The number of halogens is 2. The van der Waals surface area contributed by atoms with E-state index in [4.69, 9.17) is 9.25 Å². The second-order valence-electron chi connectivity index (χ2n) is 6.83. The average Bonchev–Trinajstić information content (AvgIpc) is 3.13. The molecule has 2 aromatic heterocycles. The molecule has 1 amide bonds. The van der Waals surface area contributed by atoms with E-state index < -0.39 is 11.9 Å². The van der Waals surface area contributed by atoms with Crippen molar-refractivity contribution in [1.82, 2.24) is 10.5 Å². The Labute approximate surface area is 186 Å². The number of anilines is 1. The van der Waals surface area contributed by atoms with Gasteiger partial charge < -0.3 is 9.73 Å². The molecule has 0 fully saturated rings. The Hall–Kier alpha value is -2.72. The van der Waals surface area contributed by atoms with Gasteiger partial charge in [-0.05, 0) is 53.6 Å². The summed E-state index contributed by atoms with van der Waals surface area (Å²) in [7, 11) is 0. The number of carbonyl (C=O) groups excluding carboxylic acids is 1. The van der Waals surface area contributed by atoms with Crippen LogP contribution in [0, 0.1) is 0 Å². The van der Waals surface area contributed by atoms with Gasteiger partial charge in [-0.15, -0.1) is 0 Å². The van der Waals surface area contributed by atoms with E-state index in [0.29, 0.717) is 23.1 Å². The van der Waals surface area contributed by atoms with Crippen LogP contribution in [0.25, 0.3) is 11.0 Å². The number of rotatable bonds is 6. The fourth-order valence-corrected chi connectivity index (χ4v) is 3.71. The van der Waals surface area contributed by atoms with Crippen LogP contribution in [0.15, 0.2) is 74.8 Å². The van der Waals surface area contributed by atoms with Crippen molar-refractivity contribution < 1.29 is 18.4 Å². The van der Waals surface area contributed by atoms with Crippen LogP contribution in [-0.4, -0.2) is 16.9 Å². The third-order valence-corrected chi connectivity index (χ3v) is 5.52. The predicted octanol–water partition coefficient (Wildman–Crippen LogP) is 5.61. The van der Waals surface area contributed by atoms with Crippen LogP contribution >= 0.6 is 22.6 Å². The summed E-state index contributed by atoms with van der Waals surface area (Å²) < 4.78 is 21.0. The number of carbonyl (C=O) groups is 1. The molecule has 2 atom stereocenters. The number of nitrogens with zero attached hydrogens (tertiary/aromatic N) is 1. The highest BCUT2D eigenvalue weighted by Crippen LogP contribution is 2.34. The van der Waals surface area contributed by atoms with E-state index in [0.717, 1.165) is 9.14 Å². The Morgan fingerprint density at radius 2 is 2.13 bits per heavy atom. The Morgan fingerprint density at radius 3 is 2.90 bits per heavy atom. The van der Waals surface area contributed by atoms with Crippen molar-refractivity contribution in [2.24, 2.45) is 0 Å². The minimum atomic E-state index is -0.597. The van der Waals surface area contributed by atoms with Crippen molar-refractivity contribution in [2.45, 2.75) is 25.5 Å². The van der Waals surface area contributed by atoms with Gasteiger partial charge in [0.15, 0.2) is 0 Å². The first-order valence-corrected chi connectivity index (χ1v) is 10.5. The van der Waals surface area contributed by atoms with Gasteiger partial charge in [-0.1, -0.05) is 36.4 Å². The Bertz CT molecular complexity index is 1130. The Balaban J connectivity index is 1.57. The number of nitrogens with one attached hydrogen (secondary N) is 2. The number of furan rings is 1. The van der Waals surface area contributed by atoms with Crippen molar-refractivity contribution in [3.8, 4) is 0 Å². The number of fused-ring (bicyclic) bond motifs is 1. The molecule has 2 unspecified atom stereocenters.